The van der Waals surface area contributed by atoms with Crippen LogP contribution in [0.5, 0.6) is 5.75 Å². The van der Waals surface area contributed by atoms with Gasteiger partial charge in [-0.05, 0) is 37.3 Å². The molecule has 0 saturated carbocycles. The van der Waals surface area contributed by atoms with Gasteiger partial charge in [0.25, 0.3) is 0 Å². The summed E-state index contributed by atoms with van der Waals surface area (Å²) in [6, 6.07) is 10.5. The molecule has 24 heavy (non-hydrogen) atoms. The Hall–Kier alpha value is -1.69. The molecule has 0 aliphatic carbocycles. The van der Waals surface area contributed by atoms with E-state index in [2.05, 4.69) is 9.97 Å². The first-order chi connectivity index (χ1) is 11.6. The highest BCUT2D eigenvalue weighted by molar-refractivity contribution is 7.99. The molecule has 3 aromatic rings. The van der Waals surface area contributed by atoms with E-state index in [4.69, 9.17) is 27.9 Å². The largest absolute Gasteiger partial charge is 0.494 e. The van der Waals surface area contributed by atoms with Crippen LogP contribution in [0, 0.1) is 0 Å². The summed E-state index contributed by atoms with van der Waals surface area (Å²) in [6.07, 6.45) is 0. The van der Waals surface area contributed by atoms with Gasteiger partial charge in [-0.25, -0.2) is 4.98 Å². The number of nitrogens with one attached hydrogen (secondary N) is 1. The average molecular weight is 381 g/mol. The summed E-state index contributed by atoms with van der Waals surface area (Å²) in [5.74, 6) is 1.02. The molecule has 0 saturated heterocycles. The third-order valence-corrected chi connectivity index (χ3v) is 4.94. The van der Waals surface area contributed by atoms with Crippen molar-refractivity contribution in [3.63, 3.8) is 0 Å². The molecule has 0 radical (unpaired) electrons. The number of fused-ring (bicyclic) bond motifs is 1. The van der Waals surface area contributed by atoms with Crippen LogP contribution in [0.1, 0.15) is 17.3 Å². The van der Waals surface area contributed by atoms with E-state index >= 15 is 0 Å². The van der Waals surface area contributed by atoms with E-state index < -0.39 is 0 Å². The van der Waals surface area contributed by atoms with Crippen molar-refractivity contribution in [1.29, 1.82) is 0 Å². The topological polar surface area (TPSA) is 55.0 Å². The highest BCUT2D eigenvalue weighted by Crippen LogP contribution is 2.26. The Kier molecular flexibility index (Phi) is 5.33. The van der Waals surface area contributed by atoms with Gasteiger partial charge in [0.1, 0.15) is 5.75 Å². The number of thioether (sulfide) groups is 1. The molecule has 4 nitrogen and oxygen atoms in total. The van der Waals surface area contributed by atoms with Crippen molar-refractivity contribution in [3.8, 4) is 5.75 Å². The Balaban J connectivity index is 1.70. The summed E-state index contributed by atoms with van der Waals surface area (Å²) >= 11 is 13.2. The van der Waals surface area contributed by atoms with Gasteiger partial charge in [-0.1, -0.05) is 35.0 Å². The van der Waals surface area contributed by atoms with Crippen molar-refractivity contribution in [3.05, 3.63) is 52.0 Å². The van der Waals surface area contributed by atoms with Crippen LogP contribution in [0.4, 0.5) is 0 Å². The van der Waals surface area contributed by atoms with Gasteiger partial charge in [-0.15, -0.1) is 0 Å². The van der Waals surface area contributed by atoms with Gasteiger partial charge in [0.15, 0.2) is 10.9 Å². The number of ether oxygens (including phenoxy) is 1. The van der Waals surface area contributed by atoms with Crippen molar-refractivity contribution < 1.29 is 9.53 Å². The number of halogens is 2. The van der Waals surface area contributed by atoms with Crippen molar-refractivity contribution in [2.45, 2.75) is 12.1 Å². The first-order valence-electron chi connectivity index (χ1n) is 7.30. The van der Waals surface area contributed by atoms with Crippen LogP contribution in [-0.4, -0.2) is 28.1 Å². The summed E-state index contributed by atoms with van der Waals surface area (Å²) in [5.41, 5.74) is 2.25. The Morgan fingerprint density at radius 2 is 2.04 bits per heavy atom. The lowest BCUT2D eigenvalue weighted by molar-refractivity contribution is 0.102. The molecule has 0 aliphatic heterocycles. The number of Topliss-reactive ketones (excluding diaryl/α,β-unsaturated/α-hetero) is 1. The van der Waals surface area contributed by atoms with E-state index in [1.54, 1.807) is 18.2 Å². The highest BCUT2D eigenvalue weighted by Gasteiger charge is 2.11. The fraction of sp³-hybridized carbons (Fsp3) is 0.176. The van der Waals surface area contributed by atoms with Crippen LogP contribution in [0.3, 0.4) is 0 Å². The van der Waals surface area contributed by atoms with Crippen molar-refractivity contribution in [1.82, 2.24) is 9.97 Å². The van der Waals surface area contributed by atoms with Crippen LogP contribution in [-0.2, 0) is 0 Å². The molecule has 7 heteroatoms. The summed E-state index contributed by atoms with van der Waals surface area (Å²) in [7, 11) is 0. The van der Waals surface area contributed by atoms with E-state index in [1.807, 2.05) is 25.1 Å². The van der Waals surface area contributed by atoms with Crippen molar-refractivity contribution >= 4 is 51.8 Å². The van der Waals surface area contributed by atoms with E-state index in [0.29, 0.717) is 27.4 Å². The molecule has 0 aliphatic rings. The van der Waals surface area contributed by atoms with E-state index in [9.17, 15) is 4.79 Å². The maximum atomic E-state index is 12.3. The number of carbonyl (C=O) groups excluding carboxylic acids is 1. The summed E-state index contributed by atoms with van der Waals surface area (Å²) in [6.45, 7) is 2.55. The zero-order valence-electron chi connectivity index (χ0n) is 12.8. The molecule has 0 fully saturated rings. The predicted molar refractivity (Wildman–Crippen MR) is 98.8 cm³/mol. The quantitative estimate of drug-likeness (QED) is 0.468. The molecular formula is C17H14Cl2N2O2S. The second-order valence-corrected chi connectivity index (χ2v) is 6.77. The van der Waals surface area contributed by atoms with Crippen LogP contribution in [0.15, 0.2) is 41.6 Å². The highest BCUT2D eigenvalue weighted by atomic mass is 35.5. The number of rotatable bonds is 6. The number of H-pyrrole nitrogens is 1. The molecule has 0 amide bonds. The fourth-order valence-corrected chi connectivity index (χ4v) is 3.25. The normalized spacial score (nSPS) is 11.0. The molecule has 1 N–H and O–H groups in total. The predicted octanol–water partition coefficient (Wildman–Crippen LogP) is 5.24. The zero-order valence-corrected chi connectivity index (χ0v) is 15.1. The van der Waals surface area contributed by atoms with Crippen molar-refractivity contribution in [2.75, 3.05) is 12.4 Å². The van der Waals surface area contributed by atoms with Gasteiger partial charge in [0.05, 0.1) is 33.4 Å². The van der Waals surface area contributed by atoms with E-state index in [0.717, 1.165) is 16.8 Å². The Bertz CT molecular complexity index is 895. The summed E-state index contributed by atoms with van der Waals surface area (Å²) in [5, 5.41) is 1.50. The number of carbonyl (C=O) groups is 1. The second kappa shape index (κ2) is 7.47. The number of aromatic amines is 1. The van der Waals surface area contributed by atoms with Gasteiger partial charge < -0.3 is 9.72 Å². The maximum Gasteiger partial charge on any atom is 0.173 e. The van der Waals surface area contributed by atoms with Crippen LogP contribution < -0.4 is 4.74 Å². The smallest absolute Gasteiger partial charge is 0.173 e. The number of hydrogen-bond acceptors (Lipinski definition) is 4. The molecule has 124 valence electrons. The maximum absolute atomic E-state index is 12.3. The minimum absolute atomic E-state index is 0.0333. The minimum atomic E-state index is -0.0333. The SMILES string of the molecule is CCOc1ccc2nc(SCC(=O)c3ccc(Cl)c(Cl)c3)[nH]c2c1. The number of hydrogen-bond donors (Lipinski definition) is 1. The Morgan fingerprint density at radius 1 is 1.21 bits per heavy atom. The molecule has 3 rings (SSSR count). The standard InChI is InChI=1S/C17H14Cl2N2O2S/c1-2-23-11-4-6-14-15(8-11)21-17(20-14)24-9-16(22)10-3-5-12(18)13(19)7-10/h3-8H,2,9H2,1H3,(H,20,21). The minimum Gasteiger partial charge on any atom is -0.494 e. The number of aromatic nitrogens is 2. The van der Waals surface area contributed by atoms with Gasteiger partial charge >= 0.3 is 0 Å². The van der Waals surface area contributed by atoms with Crippen LogP contribution in [0.2, 0.25) is 10.0 Å². The number of benzene rings is 2. The third-order valence-electron chi connectivity index (χ3n) is 3.32. The first kappa shape index (κ1) is 17.1. The fourth-order valence-electron chi connectivity index (χ4n) is 2.18. The lowest BCUT2D eigenvalue weighted by Crippen LogP contribution is -2.02. The Morgan fingerprint density at radius 3 is 2.79 bits per heavy atom. The molecule has 0 spiro atoms. The lowest BCUT2D eigenvalue weighted by atomic mass is 10.1. The second-order valence-electron chi connectivity index (χ2n) is 4.99. The lowest BCUT2D eigenvalue weighted by Gasteiger charge is -2.01. The van der Waals surface area contributed by atoms with Crippen LogP contribution >= 0.6 is 35.0 Å². The van der Waals surface area contributed by atoms with Gasteiger partial charge in [0.2, 0.25) is 0 Å². The number of imidazole rings is 1. The van der Waals surface area contributed by atoms with Gasteiger partial charge in [-0.2, -0.15) is 0 Å². The number of nitrogens with zero attached hydrogens (tertiary/aromatic N) is 1. The van der Waals surface area contributed by atoms with E-state index in [1.165, 1.54) is 11.8 Å². The average Bonchev–Trinajstić information content (AvgIpc) is 2.97. The first-order valence-corrected chi connectivity index (χ1v) is 9.04. The number of ketones is 1. The summed E-state index contributed by atoms with van der Waals surface area (Å²) < 4.78 is 5.47. The summed E-state index contributed by atoms with van der Waals surface area (Å²) in [4.78, 5) is 19.9. The van der Waals surface area contributed by atoms with Crippen LogP contribution in [0.25, 0.3) is 11.0 Å². The molecule has 2 aromatic carbocycles. The molecule has 0 unspecified atom stereocenters. The Labute approximate surface area is 153 Å². The van der Waals surface area contributed by atoms with Gasteiger partial charge in [0, 0.05) is 11.6 Å². The van der Waals surface area contributed by atoms with Gasteiger partial charge in [-0.3, -0.25) is 4.79 Å². The molecule has 0 atom stereocenters. The molecule has 1 heterocycles. The third kappa shape index (κ3) is 3.86. The molecule has 0 bridgehead atoms. The zero-order chi connectivity index (χ0) is 17.1. The molecule has 1 aromatic heterocycles. The van der Waals surface area contributed by atoms with E-state index in [-0.39, 0.29) is 11.5 Å². The van der Waals surface area contributed by atoms with Crippen molar-refractivity contribution in [2.24, 2.45) is 0 Å². The molecular weight excluding hydrogens is 367 g/mol. The monoisotopic (exact) mass is 380 g/mol.